The normalized spacial score (nSPS) is 8.77. The van der Waals surface area contributed by atoms with E-state index in [2.05, 4.69) is 0 Å². The molecular weight excluding hydrogens is 332 g/mol. The van der Waals surface area contributed by atoms with E-state index >= 15 is 0 Å². The van der Waals surface area contributed by atoms with Crippen molar-refractivity contribution in [3.8, 4) is 0 Å². The summed E-state index contributed by atoms with van der Waals surface area (Å²) in [4.78, 5) is 31.5. The molecule has 140 valence electrons. The number of esters is 2. The fraction of sp³-hybridized carbons (Fsp3) is 0.286. The molecule has 0 saturated heterocycles. The van der Waals surface area contributed by atoms with Gasteiger partial charge in [0, 0.05) is 0 Å². The zero-order valence-electron chi connectivity index (χ0n) is 15.7. The van der Waals surface area contributed by atoms with Gasteiger partial charge in [-0.15, -0.1) is 0 Å². The van der Waals surface area contributed by atoms with Crippen LogP contribution < -0.4 is 0 Å². The minimum absolute atomic E-state index is 0.167. The third kappa shape index (κ3) is 11.6. The predicted molar refractivity (Wildman–Crippen MR) is 101 cm³/mol. The summed E-state index contributed by atoms with van der Waals surface area (Å²) < 4.78 is 9.58. The zero-order valence-corrected chi connectivity index (χ0v) is 15.7. The molecule has 0 radical (unpaired) electrons. The van der Waals surface area contributed by atoms with E-state index in [1.165, 1.54) is 13.8 Å². The Morgan fingerprint density at radius 1 is 0.654 bits per heavy atom. The molecule has 5 nitrogen and oxygen atoms in total. The SMILES string of the molecule is CC(C)=O.CCOC(=O)c1ccccc1.CCOC(=O)c1ccccc1. The van der Waals surface area contributed by atoms with Gasteiger partial charge in [-0.25, -0.2) is 9.59 Å². The number of carbonyl (C=O) groups excluding carboxylic acids is 3. The lowest BCUT2D eigenvalue weighted by Gasteiger charge is -1.99. The fourth-order valence-electron chi connectivity index (χ4n) is 1.58. The van der Waals surface area contributed by atoms with Crippen LogP contribution in [0, 0.1) is 0 Å². The van der Waals surface area contributed by atoms with Crippen LogP contribution in [0.3, 0.4) is 0 Å². The first kappa shape index (κ1) is 23.1. The highest BCUT2D eigenvalue weighted by Gasteiger charge is 2.03. The van der Waals surface area contributed by atoms with E-state index < -0.39 is 0 Å². The van der Waals surface area contributed by atoms with Crippen molar-refractivity contribution < 1.29 is 23.9 Å². The molecule has 0 saturated carbocycles. The monoisotopic (exact) mass is 358 g/mol. The van der Waals surface area contributed by atoms with Gasteiger partial charge in [-0.3, -0.25) is 0 Å². The molecule has 0 unspecified atom stereocenters. The third-order valence-electron chi connectivity index (χ3n) is 2.57. The summed E-state index contributed by atoms with van der Waals surface area (Å²) in [6.45, 7) is 7.49. The number of ketones is 1. The van der Waals surface area contributed by atoms with Gasteiger partial charge < -0.3 is 14.3 Å². The topological polar surface area (TPSA) is 69.7 Å². The van der Waals surface area contributed by atoms with Gasteiger partial charge in [0.2, 0.25) is 0 Å². The van der Waals surface area contributed by atoms with Gasteiger partial charge >= 0.3 is 11.9 Å². The second kappa shape index (κ2) is 14.4. The minimum atomic E-state index is -0.256. The summed E-state index contributed by atoms with van der Waals surface area (Å²) in [5.41, 5.74) is 1.21. The molecule has 0 N–H and O–H groups in total. The van der Waals surface area contributed by atoms with E-state index in [1.807, 2.05) is 36.4 Å². The van der Waals surface area contributed by atoms with Gasteiger partial charge in [0.1, 0.15) is 5.78 Å². The zero-order chi connectivity index (χ0) is 19.8. The number of benzene rings is 2. The molecule has 0 bridgehead atoms. The average Bonchev–Trinajstić information content (AvgIpc) is 2.64. The first-order valence-corrected chi connectivity index (χ1v) is 8.33. The van der Waals surface area contributed by atoms with E-state index in [1.54, 1.807) is 38.1 Å². The molecule has 0 heterocycles. The van der Waals surface area contributed by atoms with E-state index in [-0.39, 0.29) is 17.7 Å². The summed E-state index contributed by atoms with van der Waals surface area (Å²) in [5.74, 6) is -0.346. The minimum Gasteiger partial charge on any atom is -0.462 e. The Morgan fingerprint density at radius 2 is 0.923 bits per heavy atom. The van der Waals surface area contributed by atoms with Gasteiger partial charge in [-0.2, -0.15) is 0 Å². The average molecular weight is 358 g/mol. The number of carbonyl (C=O) groups is 3. The predicted octanol–water partition coefficient (Wildman–Crippen LogP) is 4.32. The number of rotatable bonds is 4. The number of Topliss-reactive ketones (excluding diaryl/α,β-unsaturated/α-hetero) is 1. The van der Waals surface area contributed by atoms with Crippen LogP contribution in [0.2, 0.25) is 0 Å². The maximum absolute atomic E-state index is 11.0. The van der Waals surface area contributed by atoms with Gasteiger partial charge in [-0.05, 0) is 52.0 Å². The van der Waals surface area contributed by atoms with Crippen molar-refractivity contribution in [1.29, 1.82) is 0 Å². The van der Waals surface area contributed by atoms with Crippen molar-refractivity contribution in [3.05, 3.63) is 71.8 Å². The quantitative estimate of drug-likeness (QED) is 0.761. The van der Waals surface area contributed by atoms with Crippen molar-refractivity contribution in [2.45, 2.75) is 27.7 Å². The summed E-state index contributed by atoms with van der Waals surface area (Å²) in [5, 5.41) is 0. The van der Waals surface area contributed by atoms with Crippen LogP contribution in [0.4, 0.5) is 0 Å². The Kier molecular flexibility index (Phi) is 12.8. The Labute approximate surface area is 154 Å². The van der Waals surface area contributed by atoms with Crippen molar-refractivity contribution in [2.75, 3.05) is 13.2 Å². The Morgan fingerprint density at radius 3 is 1.15 bits per heavy atom. The van der Waals surface area contributed by atoms with Crippen LogP contribution in [-0.2, 0) is 14.3 Å². The molecule has 0 amide bonds. The van der Waals surface area contributed by atoms with Gasteiger partial charge in [-0.1, -0.05) is 36.4 Å². The van der Waals surface area contributed by atoms with Gasteiger partial charge in [0.05, 0.1) is 24.3 Å². The maximum atomic E-state index is 11.0. The fourth-order valence-corrected chi connectivity index (χ4v) is 1.58. The highest BCUT2D eigenvalue weighted by molar-refractivity contribution is 5.89. The smallest absolute Gasteiger partial charge is 0.338 e. The number of hydrogen-bond donors (Lipinski definition) is 0. The van der Waals surface area contributed by atoms with E-state index in [4.69, 9.17) is 9.47 Å². The van der Waals surface area contributed by atoms with Crippen molar-refractivity contribution in [3.63, 3.8) is 0 Å². The van der Waals surface area contributed by atoms with Crippen LogP contribution in [0.25, 0.3) is 0 Å². The lowest BCUT2D eigenvalue weighted by Crippen LogP contribution is -2.03. The Balaban J connectivity index is 0.000000401. The molecule has 2 aromatic carbocycles. The Hall–Kier alpha value is -2.95. The maximum Gasteiger partial charge on any atom is 0.338 e. The number of ether oxygens (including phenoxy) is 2. The molecular formula is C21H26O5. The standard InChI is InChI=1S/2C9H10O2.C3H6O/c2*1-2-11-9(10)8-6-4-3-5-7-8;1-3(2)4/h2*3-7H,2H2,1H3;1-2H3. The Bertz CT molecular complexity index is 593. The van der Waals surface area contributed by atoms with Crippen LogP contribution in [0.1, 0.15) is 48.4 Å². The van der Waals surface area contributed by atoms with Crippen molar-refractivity contribution in [2.24, 2.45) is 0 Å². The van der Waals surface area contributed by atoms with Crippen LogP contribution >= 0.6 is 0 Å². The van der Waals surface area contributed by atoms with Crippen molar-refractivity contribution >= 4 is 17.7 Å². The largest absolute Gasteiger partial charge is 0.462 e. The van der Waals surface area contributed by atoms with E-state index in [0.717, 1.165) is 0 Å². The van der Waals surface area contributed by atoms with E-state index in [9.17, 15) is 14.4 Å². The molecule has 26 heavy (non-hydrogen) atoms. The molecule has 0 spiro atoms. The summed E-state index contributed by atoms with van der Waals surface area (Å²) >= 11 is 0. The summed E-state index contributed by atoms with van der Waals surface area (Å²) in [6, 6.07) is 17.9. The molecule has 0 aliphatic rings. The van der Waals surface area contributed by atoms with Crippen molar-refractivity contribution in [1.82, 2.24) is 0 Å². The van der Waals surface area contributed by atoms with Crippen LogP contribution in [0.5, 0.6) is 0 Å². The molecule has 5 heteroatoms. The second-order valence-electron chi connectivity index (χ2n) is 5.08. The molecule has 0 aromatic heterocycles. The highest BCUT2D eigenvalue weighted by Crippen LogP contribution is 2.00. The molecule has 0 atom stereocenters. The third-order valence-corrected chi connectivity index (χ3v) is 2.57. The second-order valence-corrected chi connectivity index (χ2v) is 5.08. The first-order valence-electron chi connectivity index (χ1n) is 8.33. The van der Waals surface area contributed by atoms with E-state index in [0.29, 0.717) is 24.3 Å². The molecule has 2 rings (SSSR count). The lowest BCUT2D eigenvalue weighted by atomic mass is 10.2. The summed E-state index contributed by atoms with van der Waals surface area (Å²) in [7, 11) is 0. The molecule has 0 aliphatic carbocycles. The first-order chi connectivity index (χ1) is 12.4. The van der Waals surface area contributed by atoms with Gasteiger partial charge in [0.25, 0.3) is 0 Å². The van der Waals surface area contributed by atoms with Crippen LogP contribution in [-0.4, -0.2) is 30.9 Å². The molecule has 2 aromatic rings. The van der Waals surface area contributed by atoms with Crippen LogP contribution in [0.15, 0.2) is 60.7 Å². The molecule has 0 fully saturated rings. The molecule has 0 aliphatic heterocycles. The number of hydrogen-bond acceptors (Lipinski definition) is 5. The van der Waals surface area contributed by atoms with Gasteiger partial charge in [0.15, 0.2) is 0 Å². The lowest BCUT2D eigenvalue weighted by molar-refractivity contribution is -0.115. The highest BCUT2D eigenvalue weighted by atomic mass is 16.5. The summed E-state index contributed by atoms with van der Waals surface area (Å²) in [6.07, 6.45) is 0.